The van der Waals surface area contributed by atoms with E-state index in [0.29, 0.717) is 10.9 Å². The van der Waals surface area contributed by atoms with Crippen LogP contribution in [-0.2, 0) is 10.9 Å². The molecule has 0 nitrogen and oxygen atoms in total. The van der Waals surface area contributed by atoms with Gasteiger partial charge < -0.3 is 0 Å². The summed E-state index contributed by atoms with van der Waals surface area (Å²) in [4.78, 5) is 1.68. The van der Waals surface area contributed by atoms with Crippen LogP contribution in [0.5, 0.6) is 0 Å². The lowest BCUT2D eigenvalue weighted by molar-refractivity contribution is 0.755. The van der Waals surface area contributed by atoms with E-state index in [0.717, 1.165) is 0 Å². The largest absolute Gasteiger partial charge is 0.160 e. The first-order valence-electron chi connectivity index (χ1n) is 5.94. The molecule has 15 heavy (non-hydrogen) atoms. The summed E-state index contributed by atoms with van der Waals surface area (Å²) >= 11 is 0. The molecule has 82 valence electrons. The third kappa shape index (κ3) is 2.39. The molecule has 0 unspecified atom stereocenters. The molecule has 1 aliphatic heterocycles. The van der Waals surface area contributed by atoms with Crippen LogP contribution in [-0.4, -0.2) is 11.5 Å². The van der Waals surface area contributed by atoms with E-state index in [2.05, 4.69) is 32.9 Å². The van der Waals surface area contributed by atoms with Crippen LogP contribution in [0.4, 0.5) is 0 Å². The average molecular weight is 221 g/mol. The second kappa shape index (κ2) is 4.61. The van der Waals surface area contributed by atoms with Crippen LogP contribution in [0.2, 0.25) is 0 Å². The first-order chi connectivity index (χ1) is 7.18. The van der Waals surface area contributed by atoms with Crippen molar-refractivity contribution in [3.05, 3.63) is 28.8 Å². The molecule has 0 bridgehead atoms. The maximum Gasteiger partial charge on any atom is 0.160 e. The molecule has 1 heterocycles. The number of hydrogen-bond donors (Lipinski definition) is 0. The zero-order chi connectivity index (χ0) is 10.8. The Hall–Kier alpha value is -0.430. The maximum atomic E-state index is 2.35. The van der Waals surface area contributed by atoms with E-state index in [-0.39, 0.29) is 0 Å². The summed E-state index contributed by atoms with van der Waals surface area (Å²) in [5.74, 6) is 2.87. The van der Waals surface area contributed by atoms with E-state index in [4.69, 9.17) is 0 Å². The Morgan fingerprint density at radius 2 is 1.40 bits per heavy atom. The summed E-state index contributed by atoms with van der Waals surface area (Å²) < 4.78 is 0. The minimum atomic E-state index is 0.561. The van der Waals surface area contributed by atoms with Crippen LogP contribution in [0.25, 0.3) is 0 Å². The zero-order valence-corrected chi connectivity index (χ0v) is 10.9. The van der Waals surface area contributed by atoms with Crippen molar-refractivity contribution in [3.8, 4) is 0 Å². The predicted octanol–water partition coefficient (Wildman–Crippen LogP) is 3.77. The van der Waals surface area contributed by atoms with Gasteiger partial charge in [0.05, 0.1) is 0 Å². The van der Waals surface area contributed by atoms with Gasteiger partial charge in [-0.3, -0.25) is 0 Å². The number of aryl methyl sites for hydroxylation is 3. The van der Waals surface area contributed by atoms with Crippen LogP contribution in [0, 0.1) is 20.8 Å². The smallest absolute Gasteiger partial charge is 0.0514 e. The van der Waals surface area contributed by atoms with E-state index in [1.807, 2.05) is 0 Å². The standard InChI is InChI=1S/C14H21S/c1-11-9-12(2)14(13(3)10-11)15-7-5-4-6-8-15/h9-10H,4-8H2,1-3H3/q+1. The Bertz CT molecular complexity index is 325. The molecule has 0 amide bonds. The van der Waals surface area contributed by atoms with Gasteiger partial charge in [0.2, 0.25) is 0 Å². The molecule has 0 N–H and O–H groups in total. The topological polar surface area (TPSA) is 0 Å². The molecule has 1 aliphatic rings. The first-order valence-corrected chi connectivity index (χ1v) is 7.50. The quantitative estimate of drug-likeness (QED) is 0.633. The highest BCUT2D eigenvalue weighted by atomic mass is 32.2. The van der Waals surface area contributed by atoms with E-state index >= 15 is 0 Å². The zero-order valence-electron chi connectivity index (χ0n) is 10.1. The van der Waals surface area contributed by atoms with Crippen molar-refractivity contribution in [1.29, 1.82) is 0 Å². The summed E-state index contributed by atoms with van der Waals surface area (Å²) in [7, 11) is 0.561. The molecule has 0 aliphatic carbocycles. The maximum absolute atomic E-state index is 2.35. The van der Waals surface area contributed by atoms with Gasteiger partial charge in [-0.1, -0.05) is 17.7 Å². The van der Waals surface area contributed by atoms with Crippen LogP contribution < -0.4 is 0 Å². The Morgan fingerprint density at radius 3 is 1.93 bits per heavy atom. The van der Waals surface area contributed by atoms with Crippen molar-refractivity contribution in [2.24, 2.45) is 0 Å². The fourth-order valence-electron chi connectivity index (χ4n) is 2.66. The Labute approximate surface area is 96.4 Å². The molecule has 2 rings (SSSR count). The van der Waals surface area contributed by atoms with Gasteiger partial charge in [0.25, 0.3) is 0 Å². The van der Waals surface area contributed by atoms with Gasteiger partial charge >= 0.3 is 0 Å². The van der Waals surface area contributed by atoms with Crippen molar-refractivity contribution >= 4 is 10.9 Å². The monoisotopic (exact) mass is 221 g/mol. The van der Waals surface area contributed by atoms with Crippen LogP contribution in [0.3, 0.4) is 0 Å². The molecule has 1 aromatic carbocycles. The Kier molecular flexibility index (Phi) is 3.40. The molecule has 1 heteroatoms. The SMILES string of the molecule is Cc1cc(C)c([S+]2CCCCC2)c(C)c1. The second-order valence-electron chi connectivity index (χ2n) is 4.69. The molecule has 1 aromatic rings. The highest BCUT2D eigenvalue weighted by Crippen LogP contribution is 2.28. The van der Waals surface area contributed by atoms with Crippen LogP contribution in [0.1, 0.15) is 36.0 Å². The fourth-order valence-corrected chi connectivity index (χ4v) is 5.40. The molecule has 0 aromatic heterocycles. The lowest BCUT2D eigenvalue weighted by Crippen LogP contribution is -2.19. The highest BCUT2D eigenvalue weighted by Gasteiger charge is 2.28. The molecular formula is C14H21S+. The third-order valence-electron chi connectivity index (χ3n) is 3.17. The summed E-state index contributed by atoms with van der Waals surface area (Å²) in [5, 5.41) is 0. The van der Waals surface area contributed by atoms with E-state index in [1.54, 1.807) is 4.90 Å². The highest BCUT2D eigenvalue weighted by molar-refractivity contribution is 7.97. The van der Waals surface area contributed by atoms with Gasteiger partial charge in [-0.2, -0.15) is 0 Å². The van der Waals surface area contributed by atoms with Gasteiger partial charge in [0.15, 0.2) is 4.90 Å². The van der Waals surface area contributed by atoms with E-state index in [1.165, 1.54) is 47.5 Å². The van der Waals surface area contributed by atoms with Crippen molar-refractivity contribution in [3.63, 3.8) is 0 Å². The summed E-state index contributed by atoms with van der Waals surface area (Å²) in [5.41, 5.74) is 4.46. The molecule has 1 saturated heterocycles. The van der Waals surface area contributed by atoms with E-state index in [9.17, 15) is 0 Å². The molecule has 1 fully saturated rings. The molecule has 0 atom stereocenters. The second-order valence-corrected chi connectivity index (χ2v) is 6.90. The lowest BCUT2D eigenvalue weighted by Gasteiger charge is -2.17. The Morgan fingerprint density at radius 1 is 0.867 bits per heavy atom. The summed E-state index contributed by atoms with van der Waals surface area (Å²) in [6.07, 6.45) is 4.33. The van der Waals surface area contributed by atoms with Crippen molar-refractivity contribution in [1.82, 2.24) is 0 Å². The van der Waals surface area contributed by atoms with Gasteiger partial charge in [-0.15, -0.1) is 0 Å². The molecule has 0 saturated carbocycles. The predicted molar refractivity (Wildman–Crippen MR) is 69.9 cm³/mol. The number of rotatable bonds is 1. The summed E-state index contributed by atoms with van der Waals surface area (Å²) in [6, 6.07) is 4.70. The van der Waals surface area contributed by atoms with Gasteiger partial charge in [0.1, 0.15) is 11.5 Å². The van der Waals surface area contributed by atoms with E-state index < -0.39 is 0 Å². The van der Waals surface area contributed by atoms with Crippen molar-refractivity contribution in [2.45, 2.75) is 44.9 Å². The van der Waals surface area contributed by atoms with Gasteiger partial charge in [-0.25, -0.2) is 0 Å². The van der Waals surface area contributed by atoms with Gasteiger partial charge in [0, 0.05) is 22.0 Å². The normalized spacial score (nSPS) is 18.1. The Balaban J connectivity index is 2.33. The molecule has 0 radical (unpaired) electrons. The third-order valence-corrected chi connectivity index (χ3v) is 5.96. The molecular weight excluding hydrogens is 200 g/mol. The lowest BCUT2D eigenvalue weighted by atomic mass is 10.1. The fraction of sp³-hybridized carbons (Fsp3) is 0.571. The summed E-state index contributed by atoms with van der Waals surface area (Å²) in [6.45, 7) is 6.78. The average Bonchev–Trinajstić information content (AvgIpc) is 2.17. The van der Waals surface area contributed by atoms with Crippen LogP contribution >= 0.6 is 0 Å². The van der Waals surface area contributed by atoms with Crippen molar-refractivity contribution < 1.29 is 0 Å². The molecule has 0 spiro atoms. The minimum Gasteiger partial charge on any atom is -0.0514 e. The van der Waals surface area contributed by atoms with Crippen molar-refractivity contribution in [2.75, 3.05) is 11.5 Å². The minimum absolute atomic E-state index is 0.561. The van der Waals surface area contributed by atoms with Gasteiger partial charge in [-0.05, 0) is 40.0 Å². The number of benzene rings is 1. The van der Waals surface area contributed by atoms with Crippen LogP contribution in [0.15, 0.2) is 17.0 Å². The number of hydrogen-bond acceptors (Lipinski definition) is 0. The first kappa shape index (κ1) is 11.1.